The maximum atomic E-state index is 10.2. The number of hydrogen-bond donors (Lipinski definition) is 0. The summed E-state index contributed by atoms with van der Waals surface area (Å²) in [6.45, 7) is 11.5. The highest BCUT2D eigenvalue weighted by atomic mass is 16.5. The molecule has 0 radical (unpaired) electrons. The molecule has 0 rings (SSSR count). The quantitative estimate of drug-likeness (QED) is 0.466. The molecule has 0 spiro atoms. The van der Waals surface area contributed by atoms with Crippen molar-refractivity contribution >= 4 is 5.97 Å². The van der Waals surface area contributed by atoms with Crippen LogP contribution in [0.3, 0.4) is 0 Å². The van der Waals surface area contributed by atoms with Gasteiger partial charge in [-0.05, 0) is 12.8 Å². The molecule has 2 nitrogen and oxygen atoms in total. The highest BCUT2D eigenvalue weighted by molar-refractivity contribution is 5.86. The lowest BCUT2D eigenvalue weighted by atomic mass is 10.3. The molecule has 0 aliphatic heterocycles. The van der Waals surface area contributed by atoms with Crippen LogP contribution in [-0.4, -0.2) is 13.1 Å². The molecule has 0 bridgehead atoms. The molecule has 0 saturated carbocycles. The molecule has 0 saturated heterocycles. The number of ether oxygens (including phenoxy) is 1. The van der Waals surface area contributed by atoms with Gasteiger partial charge in [0.15, 0.2) is 0 Å². The first-order chi connectivity index (χ1) is 4.91. The van der Waals surface area contributed by atoms with Gasteiger partial charge in [0.2, 0.25) is 0 Å². The van der Waals surface area contributed by atoms with E-state index in [0.717, 1.165) is 5.92 Å². The van der Waals surface area contributed by atoms with Gasteiger partial charge in [0.05, 0.1) is 7.11 Å². The predicted octanol–water partition coefficient (Wildman–Crippen LogP) is 3.67. The van der Waals surface area contributed by atoms with Crippen LogP contribution in [0.1, 0.15) is 42.5 Å². The summed E-state index contributed by atoms with van der Waals surface area (Å²) in [6, 6.07) is 0. The Labute approximate surface area is 84.0 Å². The summed E-state index contributed by atoms with van der Waals surface area (Å²) in [5.41, 5.74) is 0.433. The molecule has 0 aromatic carbocycles. The van der Waals surface area contributed by atoms with Crippen LogP contribution < -0.4 is 0 Å². The Balaban J connectivity index is -0.0000000600. The third kappa shape index (κ3) is 35.0. The first kappa shape index (κ1) is 22.8. The Bertz CT molecular complexity index is 123. The zero-order valence-corrected chi connectivity index (χ0v) is 8.10. The summed E-state index contributed by atoms with van der Waals surface area (Å²) in [6.07, 6.45) is 0. The van der Waals surface area contributed by atoms with Crippen molar-refractivity contribution < 1.29 is 9.53 Å². The molecule has 13 heavy (non-hydrogen) atoms. The lowest BCUT2D eigenvalue weighted by Crippen LogP contribution is -1.98. The van der Waals surface area contributed by atoms with E-state index in [1.54, 1.807) is 6.92 Å². The molecular formula is C11H26O2. The third-order valence-electron chi connectivity index (χ3n) is 0.534. The zero-order valence-electron chi connectivity index (χ0n) is 8.10. The van der Waals surface area contributed by atoms with Gasteiger partial charge < -0.3 is 4.74 Å². The van der Waals surface area contributed by atoms with Crippen LogP contribution in [0.15, 0.2) is 12.2 Å². The Morgan fingerprint density at radius 3 is 1.46 bits per heavy atom. The average molecular weight is 190 g/mol. The second-order valence-electron chi connectivity index (χ2n) is 3.00. The topological polar surface area (TPSA) is 26.3 Å². The normalized spacial score (nSPS) is 6.92. The molecule has 0 aliphatic rings. The van der Waals surface area contributed by atoms with Gasteiger partial charge in [-0.25, -0.2) is 4.79 Å². The molecule has 0 aromatic rings. The van der Waals surface area contributed by atoms with Crippen LogP contribution >= 0.6 is 0 Å². The van der Waals surface area contributed by atoms with Gasteiger partial charge in [-0.3, -0.25) is 0 Å². The van der Waals surface area contributed by atoms with Gasteiger partial charge in [-0.1, -0.05) is 42.2 Å². The van der Waals surface area contributed by atoms with Crippen molar-refractivity contribution in [2.45, 2.75) is 42.5 Å². The fourth-order valence-corrected chi connectivity index (χ4v) is 0.174. The summed E-state index contributed by atoms with van der Waals surface area (Å²) in [7, 11) is 1.33. The van der Waals surface area contributed by atoms with Gasteiger partial charge in [0.1, 0.15) is 0 Å². The van der Waals surface area contributed by atoms with E-state index in [9.17, 15) is 4.79 Å². The number of carbonyl (C=O) groups excluding carboxylic acids is 1. The van der Waals surface area contributed by atoms with Gasteiger partial charge in [0, 0.05) is 5.57 Å². The number of esters is 1. The fourth-order valence-electron chi connectivity index (χ4n) is 0.174. The maximum absolute atomic E-state index is 10.2. The Kier molecular flexibility index (Phi) is 24.1. The molecule has 0 aliphatic carbocycles. The monoisotopic (exact) mass is 190 g/mol. The Hall–Kier alpha value is -0.790. The molecule has 0 N–H and O–H groups in total. The van der Waals surface area contributed by atoms with Crippen LogP contribution in [0.2, 0.25) is 0 Å². The minimum atomic E-state index is -0.347. The number of hydrogen-bond acceptors (Lipinski definition) is 2. The van der Waals surface area contributed by atoms with Crippen LogP contribution in [-0.2, 0) is 9.53 Å². The van der Waals surface area contributed by atoms with E-state index in [-0.39, 0.29) is 20.8 Å². The van der Waals surface area contributed by atoms with E-state index in [4.69, 9.17) is 0 Å². The molecular weight excluding hydrogens is 164 g/mol. The number of methoxy groups -OCH3 is 1. The van der Waals surface area contributed by atoms with Crippen molar-refractivity contribution in [2.24, 2.45) is 5.92 Å². The van der Waals surface area contributed by atoms with E-state index >= 15 is 0 Å². The van der Waals surface area contributed by atoms with Crippen LogP contribution in [0.4, 0.5) is 0 Å². The first-order valence-corrected chi connectivity index (χ1v) is 3.65. The summed E-state index contributed by atoms with van der Waals surface area (Å²) < 4.78 is 4.27. The molecule has 0 heterocycles. The highest BCUT2D eigenvalue weighted by Gasteiger charge is 1.95. The Morgan fingerprint density at radius 1 is 1.23 bits per heavy atom. The summed E-state index contributed by atoms with van der Waals surface area (Å²) in [5.74, 6) is 0.486. The van der Waals surface area contributed by atoms with Crippen LogP contribution in [0.5, 0.6) is 0 Å². The molecule has 0 amide bonds. The van der Waals surface area contributed by atoms with Crippen molar-refractivity contribution in [1.29, 1.82) is 0 Å². The smallest absolute Gasteiger partial charge is 0.332 e. The van der Waals surface area contributed by atoms with E-state index in [2.05, 4.69) is 32.1 Å². The molecule has 0 fully saturated rings. The number of carbonyl (C=O) groups is 1. The maximum Gasteiger partial charge on any atom is 0.332 e. The predicted molar refractivity (Wildman–Crippen MR) is 60.8 cm³/mol. The van der Waals surface area contributed by atoms with E-state index in [1.807, 2.05) is 0 Å². The molecule has 2 heteroatoms. The van der Waals surface area contributed by atoms with Crippen molar-refractivity contribution in [3.8, 4) is 0 Å². The van der Waals surface area contributed by atoms with E-state index in [1.165, 1.54) is 7.11 Å². The SMILES string of the molecule is C.C.C=C(C)C(=O)OC.CC(C)C. The summed E-state index contributed by atoms with van der Waals surface area (Å²) in [4.78, 5) is 10.2. The average Bonchev–Trinajstić information content (AvgIpc) is 1.85. The van der Waals surface area contributed by atoms with Crippen molar-refractivity contribution in [3.63, 3.8) is 0 Å². The van der Waals surface area contributed by atoms with Gasteiger partial charge in [0.25, 0.3) is 0 Å². The van der Waals surface area contributed by atoms with E-state index in [0.29, 0.717) is 5.57 Å². The van der Waals surface area contributed by atoms with E-state index < -0.39 is 0 Å². The fraction of sp³-hybridized carbons (Fsp3) is 0.727. The summed E-state index contributed by atoms with van der Waals surface area (Å²) in [5, 5.41) is 0. The lowest BCUT2D eigenvalue weighted by Gasteiger charge is -1.91. The largest absolute Gasteiger partial charge is 0.466 e. The van der Waals surface area contributed by atoms with Crippen molar-refractivity contribution in [3.05, 3.63) is 12.2 Å². The second-order valence-corrected chi connectivity index (χ2v) is 3.00. The Morgan fingerprint density at radius 2 is 1.46 bits per heavy atom. The summed E-state index contributed by atoms with van der Waals surface area (Å²) >= 11 is 0. The van der Waals surface area contributed by atoms with Crippen LogP contribution in [0.25, 0.3) is 0 Å². The zero-order chi connectivity index (χ0) is 9.44. The standard InChI is InChI=1S/C5H8O2.C4H10.2CH4/c1-4(2)5(6)7-3;1-4(2)3;;/h1H2,2-3H3;4H,1-3H3;2*1H4. The minimum absolute atomic E-state index is 0. The van der Waals surface area contributed by atoms with Crippen molar-refractivity contribution in [2.75, 3.05) is 7.11 Å². The van der Waals surface area contributed by atoms with Crippen molar-refractivity contribution in [1.82, 2.24) is 0 Å². The third-order valence-corrected chi connectivity index (χ3v) is 0.534. The van der Waals surface area contributed by atoms with Crippen LogP contribution in [0, 0.1) is 5.92 Å². The second kappa shape index (κ2) is 13.8. The van der Waals surface area contributed by atoms with Gasteiger partial charge in [-0.15, -0.1) is 0 Å². The molecule has 0 unspecified atom stereocenters. The minimum Gasteiger partial charge on any atom is -0.466 e. The lowest BCUT2D eigenvalue weighted by molar-refractivity contribution is -0.136. The van der Waals surface area contributed by atoms with Gasteiger partial charge >= 0.3 is 5.97 Å². The molecule has 0 aromatic heterocycles. The molecule has 82 valence electrons. The number of rotatable bonds is 1. The van der Waals surface area contributed by atoms with Gasteiger partial charge in [-0.2, -0.15) is 0 Å². The first-order valence-electron chi connectivity index (χ1n) is 3.65. The highest BCUT2D eigenvalue weighted by Crippen LogP contribution is 1.87. The molecule has 0 atom stereocenters.